The van der Waals surface area contributed by atoms with E-state index in [0.717, 1.165) is 45.2 Å². The number of fused-ring (bicyclic) bond motifs is 1. The van der Waals surface area contributed by atoms with Crippen LogP contribution in [0.15, 0.2) is 24.3 Å². The number of carbonyl (C=O) groups excluding carboxylic acids is 2. The molecule has 32 heavy (non-hydrogen) atoms. The Kier molecular flexibility index (Phi) is 8.04. The number of benzene rings is 1. The predicted molar refractivity (Wildman–Crippen MR) is 125 cm³/mol. The molecule has 2 amide bonds. The lowest BCUT2D eigenvalue weighted by molar-refractivity contribution is 0.00374. The maximum atomic E-state index is 13.3. The summed E-state index contributed by atoms with van der Waals surface area (Å²) in [7, 11) is 1.88. The molecule has 0 radical (unpaired) electrons. The van der Waals surface area contributed by atoms with Gasteiger partial charge in [0.25, 0.3) is 5.91 Å². The van der Waals surface area contributed by atoms with Gasteiger partial charge in [-0.05, 0) is 83.5 Å². The third kappa shape index (κ3) is 6.61. The van der Waals surface area contributed by atoms with E-state index in [1.54, 1.807) is 0 Å². The summed E-state index contributed by atoms with van der Waals surface area (Å²) >= 11 is 0. The maximum absolute atomic E-state index is 13.3. The number of para-hydroxylation sites is 1. The summed E-state index contributed by atoms with van der Waals surface area (Å²) in [6.45, 7) is 10.1. The van der Waals surface area contributed by atoms with Crippen LogP contribution in [0.1, 0.15) is 63.2 Å². The van der Waals surface area contributed by atoms with Gasteiger partial charge in [0.1, 0.15) is 11.4 Å². The van der Waals surface area contributed by atoms with Crippen molar-refractivity contribution in [2.45, 2.75) is 58.5 Å². The number of nitrogens with one attached hydrogen (secondary N) is 1. The minimum atomic E-state index is -0.496. The summed E-state index contributed by atoms with van der Waals surface area (Å²) in [5, 5.41) is 3.51. The van der Waals surface area contributed by atoms with Crippen LogP contribution in [0.4, 0.5) is 4.79 Å². The van der Waals surface area contributed by atoms with Crippen LogP contribution >= 0.6 is 0 Å². The largest absolute Gasteiger partial charge is 0.493 e. The highest BCUT2D eigenvalue weighted by Gasteiger charge is 2.38. The third-order valence-electron chi connectivity index (χ3n) is 6.33. The molecule has 1 aromatic carbocycles. The summed E-state index contributed by atoms with van der Waals surface area (Å²) in [5.74, 6) is 0.639. The van der Waals surface area contributed by atoms with E-state index in [0.29, 0.717) is 37.6 Å². The Bertz CT molecular complexity index is 782. The smallest absolute Gasteiger partial charge is 0.410 e. The van der Waals surface area contributed by atoms with Gasteiger partial charge in [0, 0.05) is 26.7 Å². The lowest BCUT2D eigenvalue weighted by atomic mass is 9.74. The van der Waals surface area contributed by atoms with Crippen LogP contribution in [0, 0.1) is 5.41 Å². The molecule has 1 spiro atoms. The molecular formula is C25H39N3O4. The van der Waals surface area contributed by atoms with Crippen molar-refractivity contribution in [2.24, 2.45) is 5.41 Å². The van der Waals surface area contributed by atoms with E-state index < -0.39 is 5.60 Å². The van der Waals surface area contributed by atoms with Crippen molar-refractivity contribution in [1.82, 2.24) is 15.1 Å². The summed E-state index contributed by atoms with van der Waals surface area (Å²) in [4.78, 5) is 29.5. The Hall–Kier alpha value is -2.28. The molecule has 0 bridgehead atoms. The number of hydrogen-bond donors (Lipinski definition) is 1. The van der Waals surface area contributed by atoms with Gasteiger partial charge in [0.2, 0.25) is 0 Å². The Morgan fingerprint density at radius 1 is 1.09 bits per heavy atom. The molecule has 0 atom stereocenters. The van der Waals surface area contributed by atoms with E-state index in [9.17, 15) is 9.59 Å². The molecule has 2 aliphatic rings. The molecule has 2 heterocycles. The SMILES string of the molecule is CN1CC2(CCCNCCCOc3ccccc3C1=O)CCN(C(=O)OC(C)(C)C)CC2. The number of nitrogens with zero attached hydrogens (tertiary/aromatic N) is 2. The van der Waals surface area contributed by atoms with Crippen molar-refractivity contribution in [3.05, 3.63) is 29.8 Å². The van der Waals surface area contributed by atoms with E-state index in [4.69, 9.17) is 9.47 Å². The van der Waals surface area contributed by atoms with Crippen molar-refractivity contribution in [2.75, 3.05) is 46.4 Å². The minimum Gasteiger partial charge on any atom is -0.493 e. The van der Waals surface area contributed by atoms with Gasteiger partial charge in [-0.2, -0.15) is 0 Å². The van der Waals surface area contributed by atoms with Gasteiger partial charge in [-0.15, -0.1) is 0 Å². The van der Waals surface area contributed by atoms with E-state index >= 15 is 0 Å². The van der Waals surface area contributed by atoms with Gasteiger partial charge in [0.05, 0.1) is 12.2 Å². The van der Waals surface area contributed by atoms with Crippen LogP contribution in [0.2, 0.25) is 0 Å². The fraction of sp³-hybridized carbons (Fsp3) is 0.680. The molecule has 0 aromatic heterocycles. The summed E-state index contributed by atoms with van der Waals surface area (Å²) in [6, 6.07) is 7.50. The Morgan fingerprint density at radius 3 is 2.50 bits per heavy atom. The topological polar surface area (TPSA) is 71.1 Å². The molecule has 0 unspecified atom stereocenters. The molecule has 0 saturated carbocycles. The number of carbonyl (C=O) groups is 2. The Balaban J connectivity index is 1.74. The zero-order valence-corrected chi connectivity index (χ0v) is 20.1. The summed E-state index contributed by atoms with van der Waals surface area (Å²) < 4.78 is 11.5. The van der Waals surface area contributed by atoms with Crippen LogP contribution in [0.3, 0.4) is 0 Å². The first-order valence-corrected chi connectivity index (χ1v) is 11.9. The number of rotatable bonds is 0. The van der Waals surface area contributed by atoms with Crippen molar-refractivity contribution < 1.29 is 19.1 Å². The van der Waals surface area contributed by atoms with Crippen LogP contribution in [-0.4, -0.2) is 73.8 Å². The number of amides is 2. The zero-order chi connectivity index (χ0) is 23.2. The number of hydrogen-bond acceptors (Lipinski definition) is 5. The van der Waals surface area contributed by atoms with Gasteiger partial charge in [-0.3, -0.25) is 4.79 Å². The first-order chi connectivity index (χ1) is 15.2. The lowest BCUT2D eigenvalue weighted by Gasteiger charge is -2.44. The fourth-order valence-corrected chi connectivity index (χ4v) is 4.62. The molecule has 7 nitrogen and oxygen atoms in total. The van der Waals surface area contributed by atoms with Crippen molar-refractivity contribution in [3.8, 4) is 5.75 Å². The average Bonchev–Trinajstić information content (AvgIpc) is 2.74. The molecule has 7 heteroatoms. The normalized spacial score (nSPS) is 20.8. The summed E-state index contributed by atoms with van der Waals surface area (Å²) in [6.07, 6.45) is 4.45. The van der Waals surface area contributed by atoms with Gasteiger partial charge in [0.15, 0.2) is 0 Å². The van der Waals surface area contributed by atoms with E-state index in [-0.39, 0.29) is 17.4 Å². The number of likely N-dealkylation sites (tertiary alicyclic amines) is 1. The maximum Gasteiger partial charge on any atom is 0.410 e. The highest BCUT2D eigenvalue weighted by molar-refractivity contribution is 5.96. The first-order valence-electron chi connectivity index (χ1n) is 11.9. The number of piperidine rings is 1. The fourth-order valence-electron chi connectivity index (χ4n) is 4.62. The Morgan fingerprint density at radius 2 is 1.78 bits per heavy atom. The second-order valence-electron chi connectivity index (χ2n) is 10.2. The average molecular weight is 446 g/mol. The van der Waals surface area contributed by atoms with Crippen molar-refractivity contribution in [1.29, 1.82) is 0 Å². The van der Waals surface area contributed by atoms with Crippen molar-refractivity contribution >= 4 is 12.0 Å². The first kappa shape index (κ1) is 24.4. The van der Waals surface area contributed by atoms with Gasteiger partial charge in [-0.25, -0.2) is 4.79 Å². The molecule has 1 N–H and O–H groups in total. The van der Waals surface area contributed by atoms with E-state index in [2.05, 4.69) is 5.32 Å². The molecule has 1 fully saturated rings. The molecule has 0 aliphatic carbocycles. The van der Waals surface area contributed by atoms with Gasteiger partial charge >= 0.3 is 6.09 Å². The molecule has 1 aromatic rings. The van der Waals surface area contributed by atoms with Crippen LogP contribution < -0.4 is 10.1 Å². The highest BCUT2D eigenvalue weighted by atomic mass is 16.6. The Labute approximate surface area is 192 Å². The monoisotopic (exact) mass is 445 g/mol. The zero-order valence-electron chi connectivity index (χ0n) is 20.1. The highest BCUT2D eigenvalue weighted by Crippen LogP contribution is 2.38. The van der Waals surface area contributed by atoms with E-state index in [1.165, 1.54) is 0 Å². The molecule has 178 valence electrons. The molecule has 3 rings (SSSR count). The van der Waals surface area contributed by atoms with Crippen molar-refractivity contribution in [3.63, 3.8) is 0 Å². The molecule has 2 aliphatic heterocycles. The quantitative estimate of drug-likeness (QED) is 0.655. The van der Waals surface area contributed by atoms with E-state index in [1.807, 2.05) is 61.9 Å². The van der Waals surface area contributed by atoms with Gasteiger partial charge in [-0.1, -0.05) is 12.1 Å². The minimum absolute atomic E-state index is 0.00940. The predicted octanol–water partition coefficient (Wildman–Crippen LogP) is 3.93. The molecule has 1 saturated heterocycles. The third-order valence-corrected chi connectivity index (χ3v) is 6.33. The second kappa shape index (κ2) is 10.6. The standard InChI is InChI=1S/C25H39N3O4/c1-24(2,3)32-23(30)28-16-12-25(13-17-28)11-7-14-26-15-8-18-31-21-10-6-5-9-20(21)22(29)27(4)19-25/h5-6,9-10,26H,7-8,11-19H2,1-4H3. The van der Waals surface area contributed by atoms with Crippen LogP contribution in [-0.2, 0) is 4.74 Å². The lowest BCUT2D eigenvalue weighted by Crippen LogP contribution is -2.49. The van der Waals surface area contributed by atoms with Crippen LogP contribution in [0.25, 0.3) is 0 Å². The number of ether oxygens (including phenoxy) is 2. The van der Waals surface area contributed by atoms with Crippen LogP contribution in [0.5, 0.6) is 5.75 Å². The molecular weight excluding hydrogens is 406 g/mol. The summed E-state index contributed by atoms with van der Waals surface area (Å²) in [5.41, 5.74) is 0.107. The van der Waals surface area contributed by atoms with Gasteiger partial charge < -0.3 is 24.6 Å². The second-order valence-corrected chi connectivity index (χ2v) is 10.2.